The summed E-state index contributed by atoms with van der Waals surface area (Å²) >= 11 is 0. The number of likely N-dealkylation sites (tertiary alicyclic amines) is 1. The van der Waals surface area contributed by atoms with Crippen LogP contribution in [0.25, 0.3) is 0 Å². The van der Waals surface area contributed by atoms with Crippen LogP contribution in [-0.2, 0) is 0 Å². The van der Waals surface area contributed by atoms with Crippen molar-refractivity contribution in [3.05, 3.63) is 12.1 Å². The van der Waals surface area contributed by atoms with Gasteiger partial charge in [-0.15, -0.1) is 0 Å². The van der Waals surface area contributed by atoms with E-state index in [2.05, 4.69) is 15.3 Å². The molecule has 184 valence electrons. The number of anilines is 2. The normalized spacial score (nSPS) is 30.8. The summed E-state index contributed by atoms with van der Waals surface area (Å²) in [6.45, 7) is 3.58. The summed E-state index contributed by atoms with van der Waals surface area (Å²) in [6.07, 6.45) is 2.29. The van der Waals surface area contributed by atoms with Gasteiger partial charge in [0.25, 0.3) is 5.92 Å². The highest BCUT2D eigenvalue weighted by Crippen LogP contribution is 2.67. The highest BCUT2D eigenvalue weighted by Gasteiger charge is 2.70. The Morgan fingerprint density at radius 1 is 1.30 bits per heavy atom. The van der Waals surface area contributed by atoms with Gasteiger partial charge in [0.1, 0.15) is 6.33 Å². The summed E-state index contributed by atoms with van der Waals surface area (Å²) in [7, 11) is 0. The number of hydrogen-bond donors (Lipinski definition) is 3. The number of carbonyl (C=O) groups is 1. The minimum atomic E-state index is -2.51. The van der Waals surface area contributed by atoms with Crippen LogP contribution in [-0.4, -0.2) is 75.9 Å². The lowest BCUT2D eigenvalue weighted by molar-refractivity contribution is 0.0294. The fraction of sp³-hybridized carbons (Fsp3) is 0.773. The molecule has 33 heavy (non-hydrogen) atoms. The van der Waals surface area contributed by atoms with Crippen molar-refractivity contribution in [2.75, 3.05) is 42.9 Å². The van der Waals surface area contributed by atoms with E-state index in [4.69, 9.17) is 5.11 Å². The molecule has 3 fully saturated rings. The number of aliphatic hydroxyl groups is 1. The van der Waals surface area contributed by atoms with E-state index >= 15 is 4.39 Å². The van der Waals surface area contributed by atoms with E-state index < -0.39 is 29.4 Å². The Kier molecular flexibility index (Phi) is 6.61. The molecular formula is C22H32F3N5O3. The van der Waals surface area contributed by atoms with Crippen LogP contribution < -0.4 is 10.2 Å². The van der Waals surface area contributed by atoms with Gasteiger partial charge >= 0.3 is 6.09 Å². The Hall–Kier alpha value is -2.30. The second-order valence-corrected chi connectivity index (χ2v) is 9.73. The number of aromatic nitrogens is 2. The Bertz CT molecular complexity index is 866. The molecule has 0 radical (unpaired) electrons. The first-order valence-corrected chi connectivity index (χ1v) is 11.7. The third-order valence-electron chi connectivity index (χ3n) is 7.73. The smallest absolute Gasteiger partial charge is 0.407 e. The topological polar surface area (TPSA) is 102 Å². The minimum absolute atomic E-state index is 0.00378. The minimum Gasteiger partial charge on any atom is -0.465 e. The molecule has 1 aliphatic heterocycles. The van der Waals surface area contributed by atoms with Crippen molar-refractivity contribution in [2.45, 2.75) is 57.5 Å². The molecular weight excluding hydrogens is 439 g/mol. The fourth-order valence-electron chi connectivity index (χ4n) is 5.34. The third kappa shape index (κ3) is 4.83. The highest BCUT2D eigenvalue weighted by atomic mass is 19.3. The molecule has 0 bridgehead atoms. The maximum Gasteiger partial charge on any atom is 0.407 e. The zero-order valence-corrected chi connectivity index (χ0v) is 18.8. The van der Waals surface area contributed by atoms with Crippen molar-refractivity contribution in [1.29, 1.82) is 0 Å². The molecule has 1 aromatic rings. The Morgan fingerprint density at radius 2 is 2.00 bits per heavy atom. The van der Waals surface area contributed by atoms with Gasteiger partial charge in [-0.05, 0) is 44.9 Å². The summed E-state index contributed by atoms with van der Waals surface area (Å²) < 4.78 is 42.5. The average molecular weight is 472 g/mol. The van der Waals surface area contributed by atoms with Crippen molar-refractivity contribution >= 4 is 17.7 Å². The molecule has 2 aliphatic carbocycles. The molecule has 2 heterocycles. The summed E-state index contributed by atoms with van der Waals surface area (Å²) in [6, 6.07) is 0. The van der Waals surface area contributed by atoms with Gasteiger partial charge < -0.3 is 25.3 Å². The number of aliphatic hydroxyl groups excluding tert-OH is 1. The van der Waals surface area contributed by atoms with Gasteiger partial charge in [-0.25, -0.2) is 23.5 Å². The van der Waals surface area contributed by atoms with Crippen LogP contribution in [0.4, 0.5) is 29.6 Å². The van der Waals surface area contributed by atoms with Gasteiger partial charge in [-0.1, -0.05) is 0 Å². The van der Waals surface area contributed by atoms with Crippen molar-refractivity contribution in [1.82, 2.24) is 14.9 Å². The largest absolute Gasteiger partial charge is 0.465 e. The van der Waals surface area contributed by atoms with Crippen molar-refractivity contribution in [3.63, 3.8) is 0 Å². The number of alkyl halides is 2. The number of hydrogen-bond acceptors (Lipinski definition) is 6. The Morgan fingerprint density at radius 3 is 2.58 bits per heavy atom. The lowest BCUT2D eigenvalue weighted by Crippen LogP contribution is -2.47. The maximum atomic E-state index is 15.2. The maximum absolute atomic E-state index is 15.2. The number of amides is 1. The molecule has 1 amide bonds. The molecule has 1 spiro atoms. The second-order valence-electron chi connectivity index (χ2n) is 9.73. The molecule has 0 unspecified atom stereocenters. The van der Waals surface area contributed by atoms with Crippen molar-refractivity contribution in [2.24, 2.45) is 17.3 Å². The summed E-state index contributed by atoms with van der Waals surface area (Å²) in [5, 5.41) is 22.2. The van der Waals surface area contributed by atoms with Gasteiger partial charge in [0.2, 0.25) is 5.82 Å². The molecule has 1 aromatic heterocycles. The van der Waals surface area contributed by atoms with Crippen LogP contribution in [0.15, 0.2) is 6.33 Å². The highest BCUT2D eigenvalue weighted by molar-refractivity contribution is 5.65. The fourth-order valence-corrected chi connectivity index (χ4v) is 5.34. The van der Waals surface area contributed by atoms with Crippen LogP contribution in [0.1, 0.15) is 45.4 Å². The zero-order chi connectivity index (χ0) is 23.8. The SMILES string of the molecule is CCN(CC1CCC2(CC1)CC2(F)F)c1ncnc(NC[C@H]2CCN(C(=O)O)C[C@@H]2O)c1F. The molecule has 2 saturated carbocycles. The van der Waals surface area contributed by atoms with E-state index in [1.54, 1.807) is 0 Å². The van der Waals surface area contributed by atoms with Crippen LogP contribution in [0.5, 0.6) is 0 Å². The quantitative estimate of drug-likeness (QED) is 0.560. The first-order valence-electron chi connectivity index (χ1n) is 11.7. The number of nitrogens with zero attached hydrogens (tertiary/aromatic N) is 4. The van der Waals surface area contributed by atoms with E-state index in [1.807, 2.05) is 11.8 Å². The first-order chi connectivity index (χ1) is 15.7. The number of nitrogens with one attached hydrogen (secondary N) is 1. The molecule has 2 atom stereocenters. The third-order valence-corrected chi connectivity index (χ3v) is 7.73. The monoisotopic (exact) mass is 471 g/mol. The van der Waals surface area contributed by atoms with Crippen LogP contribution in [0.3, 0.4) is 0 Å². The standard InChI is InChI=1S/C22H32F3N5O3/c1-2-29(10-14-3-6-21(7-4-14)12-22(21,24)25)19-17(23)18(27-13-28-19)26-9-15-5-8-30(20(32)33)11-16(15)31/h13-16,31H,2-12H2,1H3,(H,32,33)(H,26,27,28)/t14?,15-,16+,21?/m1/s1. The number of piperidine rings is 1. The lowest BCUT2D eigenvalue weighted by atomic mass is 9.79. The van der Waals surface area contributed by atoms with Gasteiger partial charge in [0.15, 0.2) is 11.6 Å². The predicted octanol–water partition coefficient (Wildman–Crippen LogP) is 3.43. The molecule has 11 heteroatoms. The van der Waals surface area contributed by atoms with Crippen LogP contribution >= 0.6 is 0 Å². The van der Waals surface area contributed by atoms with Gasteiger partial charge in [0, 0.05) is 43.9 Å². The van der Waals surface area contributed by atoms with Crippen molar-refractivity contribution < 1.29 is 28.2 Å². The van der Waals surface area contributed by atoms with E-state index in [0.717, 1.165) is 0 Å². The van der Waals surface area contributed by atoms with E-state index in [9.17, 15) is 18.7 Å². The van der Waals surface area contributed by atoms with E-state index in [0.29, 0.717) is 51.7 Å². The number of carboxylic acid groups (broad SMARTS) is 1. The molecule has 8 nitrogen and oxygen atoms in total. The van der Waals surface area contributed by atoms with Crippen LogP contribution in [0.2, 0.25) is 0 Å². The van der Waals surface area contributed by atoms with E-state index in [-0.39, 0.29) is 43.0 Å². The summed E-state index contributed by atoms with van der Waals surface area (Å²) in [5.74, 6) is -2.90. The summed E-state index contributed by atoms with van der Waals surface area (Å²) in [4.78, 5) is 22.2. The second kappa shape index (κ2) is 9.15. The molecule has 3 aliphatic rings. The zero-order valence-electron chi connectivity index (χ0n) is 18.8. The number of halogens is 3. The van der Waals surface area contributed by atoms with Crippen LogP contribution in [0, 0.1) is 23.1 Å². The Labute approximate surface area is 191 Å². The van der Waals surface area contributed by atoms with Gasteiger partial charge in [-0.2, -0.15) is 4.39 Å². The van der Waals surface area contributed by atoms with Gasteiger partial charge in [-0.3, -0.25) is 0 Å². The first kappa shape index (κ1) is 23.8. The summed E-state index contributed by atoms with van der Waals surface area (Å²) in [5.41, 5.74) is -0.789. The molecule has 4 rings (SSSR count). The lowest BCUT2D eigenvalue weighted by Gasteiger charge is -2.34. The predicted molar refractivity (Wildman–Crippen MR) is 116 cm³/mol. The molecule has 1 saturated heterocycles. The van der Waals surface area contributed by atoms with Gasteiger partial charge in [0.05, 0.1) is 12.6 Å². The van der Waals surface area contributed by atoms with E-state index in [1.165, 1.54) is 11.2 Å². The number of rotatable bonds is 7. The molecule has 0 aromatic carbocycles. The molecule has 3 N–H and O–H groups in total. The average Bonchev–Trinajstić information content (AvgIpc) is 3.32. The Balaban J connectivity index is 1.34. The van der Waals surface area contributed by atoms with Crippen molar-refractivity contribution in [3.8, 4) is 0 Å². The number of β-amino-alcohol motifs (C(OH)–C–C–N with tert-alkyl or cyclic N) is 1.